The summed E-state index contributed by atoms with van der Waals surface area (Å²) in [4.78, 5) is 10.7. The predicted octanol–water partition coefficient (Wildman–Crippen LogP) is 0.910. The Hall–Kier alpha value is -1.30. The Labute approximate surface area is 78.0 Å². The van der Waals surface area contributed by atoms with Gasteiger partial charge in [-0.15, -0.1) is 0 Å². The maximum atomic E-state index is 12.3. The van der Waals surface area contributed by atoms with Crippen LogP contribution in [-0.4, -0.2) is 17.3 Å². The van der Waals surface area contributed by atoms with Gasteiger partial charge in [-0.2, -0.15) is 13.2 Å². The van der Waals surface area contributed by atoms with Crippen molar-refractivity contribution in [3.8, 4) is 0 Å². The number of halogens is 3. The van der Waals surface area contributed by atoms with Gasteiger partial charge in [0, 0.05) is 31.1 Å². The van der Waals surface area contributed by atoms with Crippen LogP contribution in [0.2, 0.25) is 0 Å². The molecule has 0 bridgehead atoms. The van der Waals surface area contributed by atoms with E-state index in [4.69, 9.17) is 5.73 Å². The van der Waals surface area contributed by atoms with Crippen molar-refractivity contribution in [2.45, 2.75) is 12.2 Å². The van der Waals surface area contributed by atoms with E-state index < -0.39 is 18.8 Å². The maximum absolute atomic E-state index is 12.3. The number of hydrogen-bond acceptors (Lipinski definition) is 2. The predicted molar refractivity (Wildman–Crippen MR) is 44.8 cm³/mol. The second-order valence-corrected chi connectivity index (χ2v) is 2.77. The molecule has 2 N–H and O–H groups in total. The van der Waals surface area contributed by atoms with Gasteiger partial charge in [0.05, 0.1) is 0 Å². The van der Waals surface area contributed by atoms with E-state index in [0.717, 1.165) is 29.1 Å². The van der Waals surface area contributed by atoms with Gasteiger partial charge in [-0.3, -0.25) is 4.79 Å². The summed E-state index contributed by atoms with van der Waals surface area (Å²) in [5, 5.41) is 0. The van der Waals surface area contributed by atoms with E-state index in [1.54, 1.807) is 0 Å². The van der Waals surface area contributed by atoms with E-state index in [1.807, 2.05) is 0 Å². The lowest BCUT2D eigenvalue weighted by Crippen LogP contribution is -2.33. The highest BCUT2D eigenvalue weighted by Gasteiger charge is 2.39. The average molecular weight is 206 g/mol. The molecule has 6 heteroatoms. The van der Waals surface area contributed by atoms with Crippen molar-refractivity contribution in [1.29, 1.82) is 0 Å². The van der Waals surface area contributed by atoms with Crippen molar-refractivity contribution < 1.29 is 13.2 Å². The van der Waals surface area contributed by atoms with Crippen LogP contribution in [0.5, 0.6) is 0 Å². The van der Waals surface area contributed by atoms with Crippen LogP contribution in [0.3, 0.4) is 0 Å². The van der Waals surface area contributed by atoms with Crippen molar-refractivity contribution in [3.05, 3.63) is 34.7 Å². The van der Waals surface area contributed by atoms with Crippen LogP contribution in [-0.2, 0) is 0 Å². The Balaban J connectivity index is 3.02. The van der Waals surface area contributed by atoms with Crippen LogP contribution in [0.15, 0.2) is 29.3 Å². The quantitative estimate of drug-likeness (QED) is 0.781. The average Bonchev–Trinajstić information content (AvgIpc) is 2.07. The topological polar surface area (TPSA) is 48.0 Å². The highest BCUT2D eigenvalue weighted by atomic mass is 19.4. The Morgan fingerprint density at radius 3 is 2.21 bits per heavy atom. The first-order chi connectivity index (χ1) is 6.45. The summed E-state index contributed by atoms with van der Waals surface area (Å²) in [6, 6.07) is 0.353. The molecule has 1 unspecified atom stereocenters. The van der Waals surface area contributed by atoms with Crippen molar-refractivity contribution in [1.82, 2.24) is 4.57 Å². The first-order valence-electron chi connectivity index (χ1n) is 3.89. The second kappa shape index (κ2) is 3.83. The van der Waals surface area contributed by atoms with Gasteiger partial charge in [0.2, 0.25) is 0 Å². The molecular weight excluding hydrogens is 197 g/mol. The fourth-order valence-corrected chi connectivity index (χ4v) is 1.06. The fraction of sp³-hybridized carbons (Fsp3) is 0.375. The normalized spacial score (nSPS) is 14.0. The molecule has 1 aromatic heterocycles. The summed E-state index contributed by atoms with van der Waals surface area (Å²) in [6.45, 7) is -0.549. The van der Waals surface area contributed by atoms with Crippen LogP contribution in [0.1, 0.15) is 6.04 Å². The summed E-state index contributed by atoms with van der Waals surface area (Å²) in [5.41, 5.74) is 4.68. The van der Waals surface area contributed by atoms with E-state index >= 15 is 0 Å². The minimum absolute atomic E-state index is 0.334. The number of aromatic nitrogens is 1. The largest absolute Gasteiger partial charge is 0.410 e. The molecule has 0 spiro atoms. The second-order valence-electron chi connectivity index (χ2n) is 2.77. The summed E-state index contributed by atoms with van der Waals surface area (Å²) in [5.74, 6) is 0. The van der Waals surface area contributed by atoms with Crippen LogP contribution in [0, 0.1) is 0 Å². The molecule has 0 aromatic carbocycles. The molecule has 0 aliphatic carbocycles. The lowest BCUT2D eigenvalue weighted by molar-refractivity contribution is -0.165. The van der Waals surface area contributed by atoms with E-state index in [0.29, 0.717) is 0 Å². The van der Waals surface area contributed by atoms with Gasteiger partial charge in [0.15, 0.2) is 5.43 Å². The lowest BCUT2D eigenvalue weighted by atomic mass is 10.2. The third-order valence-electron chi connectivity index (χ3n) is 1.78. The molecule has 0 aliphatic rings. The van der Waals surface area contributed by atoms with Gasteiger partial charge >= 0.3 is 6.18 Å². The van der Waals surface area contributed by atoms with Gasteiger partial charge in [-0.25, -0.2) is 0 Å². The third-order valence-corrected chi connectivity index (χ3v) is 1.78. The summed E-state index contributed by atoms with van der Waals surface area (Å²) < 4.78 is 37.9. The molecular formula is C8H9F3N2O. The number of nitrogens with zero attached hydrogens (tertiary/aromatic N) is 1. The molecule has 0 amide bonds. The fourth-order valence-electron chi connectivity index (χ4n) is 1.06. The molecule has 0 saturated heterocycles. The number of pyridine rings is 1. The van der Waals surface area contributed by atoms with Gasteiger partial charge in [-0.1, -0.05) is 0 Å². The molecule has 1 atom stereocenters. The van der Waals surface area contributed by atoms with Crippen molar-refractivity contribution >= 4 is 0 Å². The van der Waals surface area contributed by atoms with Crippen LogP contribution in [0.4, 0.5) is 13.2 Å². The number of nitrogens with two attached hydrogens (primary N) is 1. The van der Waals surface area contributed by atoms with Gasteiger partial charge < -0.3 is 10.3 Å². The zero-order valence-corrected chi connectivity index (χ0v) is 7.16. The summed E-state index contributed by atoms with van der Waals surface area (Å²) >= 11 is 0. The van der Waals surface area contributed by atoms with Crippen LogP contribution >= 0.6 is 0 Å². The monoisotopic (exact) mass is 206 g/mol. The van der Waals surface area contributed by atoms with Crippen molar-refractivity contribution in [2.24, 2.45) is 5.73 Å². The molecule has 1 heterocycles. The van der Waals surface area contributed by atoms with Crippen LogP contribution in [0.25, 0.3) is 0 Å². The Morgan fingerprint density at radius 1 is 1.36 bits per heavy atom. The van der Waals surface area contributed by atoms with E-state index in [9.17, 15) is 18.0 Å². The zero-order chi connectivity index (χ0) is 10.8. The van der Waals surface area contributed by atoms with Gasteiger partial charge in [0.25, 0.3) is 0 Å². The SMILES string of the molecule is NCC(n1ccc(=O)cc1)C(F)(F)F. The summed E-state index contributed by atoms with van der Waals surface area (Å²) in [7, 11) is 0. The first-order valence-corrected chi connectivity index (χ1v) is 3.89. The highest BCUT2D eigenvalue weighted by molar-refractivity contribution is 4.96. The molecule has 1 aromatic rings. The molecule has 3 nitrogen and oxygen atoms in total. The zero-order valence-electron chi connectivity index (χ0n) is 7.16. The third kappa shape index (κ3) is 2.35. The number of hydrogen-bond donors (Lipinski definition) is 1. The van der Waals surface area contributed by atoms with Crippen molar-refractivity contribution in [2.75, 3.05) is 6.54 Å². The molecule has 0 saturated carbocycles. The smallest absolute Gasteiger partial charge is 0.341 e. The Bertz CT molecular complexity index is 338. The van der Waals surface area contributed by atoms with E-state index in [1.165, 1.54) is 0 Å². The summed E-state index contributed by atoms with van der Waals surface area (Å²) in [6.07, 6.45) is -2.25. The number of alkyl halides is 3. The highest BCUT2D eigenvalue weighted by Crippen LogP contribution is 2.28. The molecule has 0 fully saturated rings. The van der Waals surface area contributed by atoms with Crippen molar-refractivity contribution in [3.63, 3.8) is 0 Å². The van der Waals surface area contributed by atoms with E-state index in [2.05, 4.69) is 0 Å². The standard InChI is InChI=1S/C8H9F3N2O/c9-8(10,11)7(5-12)13-3-1-6(14)2-4-13/h1-4,7H,5,12H2. The minimum atomic E-state index is -4.40. The van der Waals surface area contributed by atoms with Gasteiger partial charge in [0.1, 0.15) is 6.04 Å². The molecule has 14 heavy (non-hydrogen) atoms. The lowest BCUT2D eigenvalue weighted by Gasteiger charge is -2.21. The molecule has 1 rings (SSSR count). The molecule has 0 radical (unpaired) electrons. The van der Waals surface area contributed by atoms with Crippen LogP contribution < -0.4 is 11.2 Å². The van der Waals surface area contributed by atoms with E-state index in [-0.39, 0.29) is 5.43 Å². The minimum Gasteiger partial charge on any atom is -0.341 e. The molecule has 0 aliphatic heterocycles. The van der Waals surface area contributed by atoms with Gasteiger partial charge in [-0.05, 0) is 0 Å². The number of rotatable bonds is 2. The Morgan fingerprint density at radius 2 is 1.86 bits per heavy atom. The Kier molecular flexibility index (Phi) is 2.95. The maximum Gasteiger partial charge on any atom is 0.410 e. The first kappa shape index (κ1) is 10.8. The molecule has 78 valence electrons.